The molecule has 0 aliphatic heterocycles. The zero-order chi connectivity index (χ0) is 22.5. The van der Waals surface area contributed by atoms with Gasteiger partial charge in [0.15, 0.2) is 5.96 Å². The molecule has 1 heterocycles. The zero-order valence-electron chi connectivity index (χ0n) is 20.0. The van der Waals surface area contributed by atoms with Crippen molar-refractivity contribution in [1.29, 1.82) is 0 Å². The van der Waals surface area contributed by atoms with Gasteiger partial charge in [-0.05, 0) is 73.3 Å². The molecule has 2 rings (SSSR count). The predicted molar refractivity (Wildman–Crippen MR) is 121 cm³/mol. The van der Waals surface area contributed by atoms with Crippen LogP contribution in [0.1, 0.15) is 64.4 Å². The first kappa shape index (κ1) is 24.0. The summed E-state index contributed by atoms with van der Waals surface area (Å²) in [6, 6.07) is 0.496. The highest BCUT2D eigenvalue weighted by molar-refractivity contribution is 5.80. The number of hydrogen-bond donors (Lipinski definition) is 2. The van der Waals surface area contributed by atoms with E-state index in [0.29, 0.717) is 19.1 Å². The largest absolute Gasteiger partial charge is 0.444 e. The lowest BCUT2D eigenvalue weighted by Crippen LogP contribution is -2.44. The van der Waals surface area contributed by atoms with Gasteiger partial charge in [0.25, 0.3) is 0 Å². The number of carbonyl (C=O) groups excluding carboxylic acids is 1. The Morgan fingerprint density at radius 3 is 2.53 bits per heavy atom. The van der Waals surface area contributed by atoms with E-state index in [1.165, 1.54) is 11.3 Å². The van der Waals surface area contributed by atoms with Gasteiger partial charge in [0.1, 0.15) is 5.60 Å². The van der Waals surface area contributed by atoms with Crippen LogP contribution in [0.2, 0.25) is 0 Å². The van der Waals surface area contributed by atoms with Gasteiger partial charge in [0, 0.05) is 37.9 Å². The summed E-state index contributed by atoms with van der Waals surface area (Å²) >= 11 is 0. The molecule has 8 heteroatoms. The molecule has 1 aromatic rings. The van der Waals surface area contributed by atoms with Crippen LogP contribution >= 0.6 is 0 Å². The van der Waals surface area contributed by atoms with Crippen LogP contribution in [0.15, 0.2) is 4.99 Å². The molecule has 0 spiro atoms. The number of amides is 1. The molecule has 1 aliphatic carbocycles. The van der Waals surface area contributed by atoms with E-state index in [1.807, 2.05) is 37.4 Å². The second kappa shape index (κ2) is 10.2. The van der Waals surface area contributed by atoms with Gasteiger partial charge in [-0.3, -0.25) is 9.67 Å². The lowest BCUT2D eigenvalue weighted by Gasteiger charge is -2.27. The lowest BCUT2D eigenvalue weighted by atomic mass is 10.1. The van der Waals surface area contributed by atoms with Crippen molar-refractivity contribution in [3.8, 4) is 0 Å². The summed E-state index contributed by atoms with van der Waals surface area (Å²) in [4.78, 5) is 19.0. The summed E-state index contributed by atoms with van der Waals surface area (Å²) in [5, 5.41) is 11.3. The summed E-state index contributed by atoms with van der Waals surface area (Å²) in [5.41, 5.74) is 3.06. The molecule has 170 valence electrons. The molecule has 0 saturated heterocycles. The SMILES string of the molecule is CCNC(=NCCN(C(=O)OC(C)(C)C)C1CC1)NC(C)Cc1c(C)nn(C)c1C. The van der Waals surface area contributed by atoms with E-state index in [4.69, 9.17) is 9.73 Å². The summed E-state index contributed by atoms with van der Waals surface area (Å²) in [6.07, 6.45) is 2.72. The van der Waals surface area contributed by atoms with Gasteiger partial charge in [-0.25, -0.2) is 4.79 Å². The number of hydrogen-bond acceptors (Lipinski definition) is 4. The molecule has 0 radical (unpaired) electrons. The number of aryl methyl sites for hydroxylation is 2. The first-order chi connectivity index (χ1) is 14.0. The van der Waals surface area contributed by atoms with Crippen LogP contribution in [0.5, 0.6) is 0 Å². The van der Waals surface area contributed by atoms with Crippen LogP contribution < -0.4 is 10.6 Å². The molecule has 0 aromatic carbocycles. The van der Waals surface area contributed by atoms with Gasteiger partial charge in [0.05, 0.1) is 12.2 Å². The third kappa shape index (κ3) is 7.22. The third-order valence-corrected chi connectivity index (χ3v) is 5.12. The van der Waals surface area contributed by atoms with Crippen LogP contribution in [-0.2, 0) is 18.2 Å². The highest BCUT2D eigenvalue weighted by Crippen LogP contribution is 2.28. The Balaban J connectivity index is 1.94. The number of ether oxygens (including phenoxy) is 1. The van der Waals surface area contributed by atoms with Crippen molar-refractivity contribution in [2.45, 2.75) is 85.4 Å². The fourth-order valence-electron chi connectivity index (χ4n) is 3.42. The average molecular weight is 421 g/mol. The molecule has 1 aliphatic rings. The van der Waals surface area contributed by atoms with E-state index >= 15 is 0 Å². The highest BCUT2D eigenvalue weighted by Gasteiger charge is 2.34. The van der Waals surface area contributed by atoms with Gasteiger partial charge in [-0.1, -0.05) is 0 Å². The monoisotopic (exact) mass is 420 g/mol. The van der Waals surface area contributed by atoms with Crippen molar-refractivity contribution in [2.24, 2.45) is 12.0 Å². The van der Waals surface area contributed by atoms with Crippen LogP contribution in [0, 0.1) is 13.8 Å². The van der Waals surface area contributed by atoms with Crippen molar-refractivity contribution in [1.82, 2.24) is 25.3 Å². The van der Waals surface area contributed by atoms with Crippen molar-refractivity contribution < 1.29 is 9.53 Å². The van der Waals surface area contributed by atoms with E-state index in [1.54, 1.807) is 0 Å². The van der Waals surface area contributed by atoms with Crippen molar-refractivity contribution >= 4 is 12.1 Å². The molecule has 1 unspecified atom stereocenters. The molecular weight excluding hydrogens is 380 g/mol. The summed E-state index contributed by atoms with van der Waals surface area (Å²) in [5.74, 6) is 0.768. The Labute approximate surface area is 181 Å². The van der Waals surface area contributed by atoms with Crippen LogP contribution in [0.3, 0.4) is 0 Å². The fourth-order valence-corrected chi connectivity index (χ4v) is 3.42. The molecule has 1 fully saturated rings. The maximum absolute atomic E-state index is 12.5. The Morgan fingerprint density at radius 1 is 1.37 bits per heavy atom. The maximum Gasteiger partial charge on any atom is 0.410 e. The second-order valence-electron chi connectivity index (χ2n) is 9.19. The summed E-state index contributed by atoms with van der Waals surface area (Å²) < 4.78 is 7.49. The number of rotatable bonds is 8. The van der Waals surface area contributed by atoms with Crippen molar-refractivity contribution in [2.75, 3.05) is 19.6 Å². The number of aromatic nitrogens is 2. The number of carbonyl (C=O) groups is 1. The first-order valence-corrected chi connectivity index (χ1v) is 11.0. The quantitative estimate of drug-likeness (QED) is 0.499. The van der Waals surface area contributed by atoms with Gasteiger partial charge in [-0.15, -0.1) is 0 Å². The Morgan fingerprint density at radius 2 is 2.03 bits per heavy atom. The molecule has 0 bridgehead atoms. The van der Waals surface area contributed by atoms with E-state index in [9.17, 15) is 4.79 Å². The van der Waals surface area contributed by atoms with E-state index in [2.05, 4.69) is 43.4 Å². The zero-order valence-corrected chi connectivity index (χ0v) is 20.0. The average Bonchev–Trinajstić information content (AvgIpc) is 3.42. The molecule has 2 N–H and O–H groups in total. The predicted octanol–water partition coefficient (Wildman–Crippen LogP) is 2.92. The fraction of sp³-hybridized carbons (Fsp3) is 0.773. The minimum atomic E-state index is -0.484. The smallest absolute Gasteiger partial charge is 0.410 e. The molecular formula is C22H40N6O2. The van der Waals surface area contributed by atoms with Crippen molar-refractivity contribution in [3.05, 3.63) is 17.0 Å². The number of nitrogens with zero attached hydrogens (tertiary/aromatic N) is 4. The number of nitrogens with one attached hydrogen (secondary N) is 2. The van der Waals surface area contributed by atoms with E-state index in [-0.39, 0.29) is 12.1 Å². The lowest BCUT2D eigenvalue weighted by molar-refractivity contribution is 0.0240. The Bertz CT molecular complexity index is 746. The Kier molecular flexibility index (Phi) is 8.15. The van der Waals surface area contributed by atoms with Gasteiger partial charge in [0.2, 0.25) is 0 Å². The van der Waals surface area contributed by atoms with Crippen LogP contribution in [0.25, 0.3) is 0 Å². The topological polar surface area (TPSA) is 83.8 Å². The third-order valence-electron chi connectivity index (χ3n) is 5.12. The van der Waals surface area contributed by atoms with Crippen LogP contribution in [-0.4, -0.2) is 64.1 Å². The normalized spacial score (nSPS) is 15.7. The first-order valence-electron chi connectivity index (χ1n) is 11.0. The van der Waals surface area contributed by atoms with Gasteiger partial charge < -0.3 is 20.3 Å². The standard InChI is InChI=1S/C22H40N6O2/c1-9-23-20(25-15(2)14-19-16(3)26-27(8)17(19)4)24-12-13-28(18-10-11-18)21(29)30-22(5,6)7/h15,18H,9-14H2,1-8H3,(H2,23,24,25). The Hall–Kier alpha value is -2.25. The molecule has 30 heavy (non-hydrogen) atoms. The number of guanidine groups is 1. The minimum Gasteiger partial charge on any atom is -0.444 e. The molecule has 1 saturated carbocycles. The van der Waals surface area contributed by atoms with E-state index in [0.717, 1.165) is 37.5 Å². The van der Waals surface area contributed by atoms with Gasteiger partial charge in [-0.2, -0.15) is 5.10 Å². The van der Waals surface area contributed by atoms with Crippen LogP contribution in [0.4, 0.5) is 4.79 Å². The molecule has 1 amide bonds. The highest BCUT2D eigenvalue weighted by atomic mass is 16.6. The molecule has 1 atom stereocenters. The maximum atomic E-state index is 12.5. The summed E-state index contributed by atoms with van der Waals surface area (Å²) in [6.45, 7) is 15.9. The second-order valence-corrected chi connectivity index (χ2v) is 9.19. The van der Waals surface area contributed by atoms with Gasteiger partial charge >= 0.3 is 6.09 Å². The minimum absolute atomic E-state index is 0.204. The molecule has 8 nitrogen and oxygen atoms in total. The van der Waals surface area contributed by atoms with E-state index < -0.39 is 5.60 Å². The summed E-state index contributed by atoms with van der Waals surface area (Å²) in [7, 11) is 1.98. The van der Waals surface area contributed by atoms with Crippen molar-refractivity contribution in [3.63, 3.8) is 0 Å². The molecule has 1 aromatic heterocycles. The number of aliphatic imine (C=N–C) groups is 1.